The molecule has 1 atom stereocenters. The highest BCUT2D eigenvalue weighted by Crippen LogP contribution is 2.39. The van der Waals surface area contributed by atoms with Crippen molar-refractivity contribution in [1.29, 1.82) is 10.5 Å². The summed E-state index contributed by atoms with van der Waals surface area (Å²) in [6.45, 7) is 3.10. The van der Waals surface area contributed by atoms with E-state index in [1.54, 1.807) is 70.5 Å². The summed E-state index contributed by atoms with van der Waals surface area (Å²) in [5.41, 5.74) is -0.936. The number of alkyl halides is 3. The number of rotatable bonds is 17. The third kappa shape index (κ3) is 11.3. The number of aryl methyl sites for hydroxylation is 1. The summed E-state index contributed by atoms with van der Waals surface area (Å²) in [6.07, 6.45) is -0.826. The number of unbranched alkanes of at least 4 members (excludes halogenated alkanes) is 3. The number of nitrogens with zero attached hydrogens (tertiary/aromatic N) is 6. The molecule has 342 valence electrons. The van der Waals surface area contributed by atoms with Crippen LogP contribution in [-0.2, 0) is 28.7 Å². The highest BCUT2D eigenvalue weighted by molar-refractivity contribution is 5.95. The summed E-state index contributed by atoms with van der Waals surface area (Å²) in [5, 5.41) is 26.9. The number of amides is 3. The van der Waals surface area contributed by atoms with Crippen molar-refractivity contribution < 1.29 is 41.4 Å². The van der Waals surface area contributed by atoms with Crippen LogP contribution in [0.3, 0.4) is 0 Å². The molecule has 2 fully saturated rings. The molecule has 66 heavy (non-hydrogen) atoms. The van der Waals surface area contributed by atoms with E-state index >= 15 is 4.39 Å². The average Bonchev–Trinajstić information content (AvgIpc) is 4.18. The standard InChI is InChI=1S/C49H47F4N7O6/c1-31(30-66-36-15-10-32(28-54)11-16-36)45(61)56-35-26-41(49(51,52)53)40(29-55)44(27-35)65-23-7-3-2-6-18-60-48(64)38-9-5-4-8-37(38)43(57-60)25-33-12-17-42(50)39(24-33)47(63)59-21-19-58(20-22-59)46(62)34-13-14-34/h4-5,8-12,15-17,24,26-27,31,34H,2-3,6-7,13-14,18-23,25,30H2,1H3,(H,56,61)/t31-/m0/s1. The summed E-state index contributed by atoms with van der Waals surface area (Å²) in [4.78, 5) is 55.8. The molecule has 4 aromatic carbocycles. The van der Waals surface area contributed by atoms with Gasteiger partial charge in [-0.25, -0.2) is 9.07 Å². The van der Waals surface area contributed by atoms with Crippen LogP contribution in [0.25, 0.3) is 10.8 Å². The van der Waals surface area contributed by atoms with E-state index < -0.39 is 40.9 Å². The Kier molecular flexibility index (Phi) is 14.7. The number of fused-ring (bicyclic) bond motifs is 1. The Hall–Kier alpha value is -7.27. The monoisotopic (exact) mass is 905 g/mol. The summed E-state index contributed by atoms with van der Waals surface area (Å²) < 4.78 is 70.2. The molecule has 1 saturated heterocycles. The Balaban J connectivity index is 0.942. The van der Waals surface area contributed by atoms with Crippen LogP contribution in [0.15, 0.2) is 83.7 Å². The van der Waals surface area contributed by atoms with Crippen LogP contribution in [0.5, 0.6) is 11.5 Å². The molecule has 13 nitrogen and oxygen atoms in total. The molecule has 0 radical (unpaired) electrons. The fourth-order valence-corrected chi connectivity index (χ4v) is 7.74. The molecule has 1 aliphatic heterocycles. The van der Waals surface area contributed by atoms with Gasteiger partial charge in [-0.3, -0.25) is 19.2 Å². The van der Waals surface area contributed by atoms with Crippen molar-refractivity contribution in [2.24, 2.45) is 11.8 Å². The fourth-order valence-electron chi connectivity index (χ4n) is 7.74. The second kappa shape index (κ2) is 20.7. The first-order valence-electron chi connectivity index (χ1n) is 21.8. The summed E-state index contributed by atoms with van der Waals surface area (Å²) in [5.74, 6) is -2.24. The highest BCUT2D eigenvalue weighted by atomic mass is 19.4. The lowest BCUT2D eigenvalue weighted by molar-refractivity contribution is -0.138. The number of aromatic nitrogens is 2. The van der Waals surface area contributed by atoms with Crippen molar-refractivity contribution in [3.63, 3.8) is 0 Å². The number of carbonyl (C=O) groups is 3. The molecule has 5 aromatic rings. The Labute approximate surface area is 378 Å². The number of benzene rings is 4. The van der Waals surface area contributed by atoms with Gasteiger partial charge in [0, 0.05) is 62.2 Å². The van der Waals surface area contributed by atoms with E-state index in [-0.39, 0.29) is 60.6 Å². The predicted octanol–water partition coefficient (Wildman–Crippen LogP) is 7.88. The first-order valence-corrected chi connectivity index (χ1v) is 21.8. The summed E-state index contributed by atoms with van der Waals surface area (Å²) in [6, 6.07) is 23.1. The molecule has 0 bridgehead atoms. The van der Waals surface area contributed by atoms with E-state index in [1.165, 1.54) is 29.8 Å². The Morgan fingerprint density at radius 3 is 2.24 bits per heavy atom. The third-order valence-electron chi connectivity index (χ3n) is 11.6. The first kappa shape index (κ1) is 46.7. The van der Waals surface area contributed by atoms with Gasteiger partial charge in [-0.1, -0.05) is 37.6 Å². The number of carbonyl (C=O) groups excluding carboxylic acids is 3. The lowest BCUT2D eigenvalue weighted by Crippen LogP contribution is -2.51. The van der Waals surface area contributed by atoms with Gasteiger partial charge in [-0.05, 0) is 86.2 Å². The minimum Gasteiger partial charge on any atom is -0.493 e. The number of ether oxygens (including phenoxy) is 2. The molecule has 1 N–H and O–H groups in total. The molecule has 1 aromatic heterocycles. The molecule has 1 saturated carbocycles. The summed E-state index contributed by atoms with van der Waals surface area (Å²) in [7, 11) is 0. The molecule has 2 heterocycles. The maximum absolute atomic E-state index is 15.1. The van der Waals surface area contributed by atoms with E-state index in [1.807, 2.05) is 6.07 Å². The van der Waals surface area contributed by atoms with Gasteiger partial charge in [0.1, 0.15) is 28.9 Å². The smallest absolute Gasteiger partial charge is 0.417 e. The largest absolute Gasteiger partial charge is 0.493 e. The normalized spacial score (nSPS) is 14.3. The molecule has 1 aliphatic carbocycles. The SMILES string of the molecule is C[C@@H](COc1ccc(C#N)cc1)C(=O)Nc1cc(OCCCCCCn2nc(Cc3ccc(F)c(C(=O)N4CCN(C(=O)C5CC5)CC4)c3)c3ccccc3c2=O)c(C#N)c(C(F)(F)F)c1. The lowest BCUT2D eigenvalue weighted by atomic mass is 10.0. The quantitative estimate of drug-likeness (QED) is 0.0721. The third-order valence-corrected chi connectivity index (χ3v) is 11.6. The van der Waals surface area contributed by atoms with Crippen LogP contribution in [0.4, 0.5) is 23.2 Å². The van der Waals surface area contributed by atoms with E-state index in [2.05, 4.69) is 5.32 Å². The number of piperazine rings is 1. The Morgan fingerprint density at radius 2 is 1.56 bits per heavy atom. The molecule has 17 heteroatoms. The minimum absolute atomic E-state index is 0.0327. The fraction of sp³-hybridized carbons (Fsp3) is 0.367. The number of hydrogen-bond acceptors (Lipinski definition) is 9. The van der Waals surface area contributed by atoms with Gasteiger partial charge in [0.25, 0.3) is 11.5 Å². The molecule has 3 amide bonds. The van der Waals surface area contributed by atoms with Gasteiger partial charge >= 0.3 is 6.18 Å². The maximum Gasteiger partial charge on any atom is 0.417 e. The Morgan fingerprint density at radius 1 is 0.864 bits per heavy atom. The topological polar surface area (TPSA) is 171 Å². The second-order valence-electron chi connectivity index (χ2n) is 16.5. The minimum atomic E-state index is -4.92. The van der Waals surface area contributed by atoms with Gasteiger partial charge < -0.3 is 24.6 Å². The molecular formula is C49H47F4N7O6. The zero-order chi connectivity index (χ0) is 47.0. The number of nitriles is 2. The van der Waals surface area contributed by atoms with Gasteiger partial charge in [0.2, 0.25) is 11.8 Å². The zero-order valence-corrected chi connectivity index (χ0v) is 36.2. The van der Waals surface area contributed by atoms with Crippen molar-refractivity contribution >= 4 is 34.2 Å². The second-order valence-corrected chi connectivity index (χ2v) is 16.5. The van der Waals surface area contributed by atoms with Gasteiger partial charge in [-0.2, -0.15) is 28.8 Å². The van der Waals surface area contributed by atoms with E-state index in [9.17, 15) is 37.6 Å². The zero-order valence-electron chi connectivity index (χ0n) is 36.2. The highest BCUT2D eigenvalue weighted by Gasteiger charge is 2.37. The van der Waals surface area contributed by atoms with E-state index in [0.717, 1.165) is 12.8 Å². The van der Waals surface area contributed by atoms with Crippen molar-refractivity contribution in [3.05, 3.63) is 129 Å². The van der Waals surface area contributed by atoms with Crippen LogP contribution >= 0.6 is 0 Å². The maximum atomic E-state index is 15.1. The number of anilines is 1. The number of nitrogens with one attached hydrogen (secondary N) is 1. The van der Waals surface area contributed by atoms with Gasteiger partial charge in [0.15, 0.2) is 0 Å². The first-order chi connectivity index (χ1) is 31.7. The Bertz CT molecular complexity index is 2750. The van der Waals surface area contributed by atoms with Crippen LogP contribution in [0, 0.1) is 40.3 Å². The van der Waals surface area contributed by atoms with Crippen molar-refractivity contribution in [2.45, 2.75) is 64.6 Å². The van der Waals surface area contributed by atoms with Crippen LogP contribution in [0.1, 0.15) is 83.8 Å². The van der Waals surface area contributed by atoms with Gasteiger partial charge in [-0.15, -0.1) is 0 Å². The van der Waals surface area contributed by atoms with Crippen molar-refractivity contribution in [2.75, 3.05) is 44.7 Å². The molecule has 7 rings (SSSR count). The van der Waals surface area contributed by atoms with E-state index in [0.29, 0.717) is 91.3 Å². The van der Waals surface area contributed by atoms with Crippen molar-refractivity contribution in [3.8, 4) is 23.6 Å². The molecule has 0 unspecified atom stereocenters. The average molecular weight is 906 g/mol. The number of halogens is 4. The van der Waals surface area contributed by atoms with E-state index in [4.69, 9.17) is 19.8 Å². The predicted molar refractivity (Wildman–Crippen MR) is 235 cm³/mol. The molecular weight excluding hydrogens is 859 g/mol. The lowest BCUT2D eigenvalue weighted by Gasteiger charge is -2.35. The van der Waals surface area contributed by atoms with Crippen LogP contribution < -0.4 is 20.3 Å². The number of hydrogen-bond donors (Lipinski definition) is 1. The van der Waals surface area contributed by atoms with Gasteiger partial charge in [0.05, 0.1) is 53.0 Å². The van der Waals surface area contributed by atoms with Crippen LogP contribution in [0.2, 0.25) is 0 Å². The summed E-state index contributed by atoms with van der Waals surface area (Å²) >= 11 is 0. The molecule has 2 aliphatic rings. The van der Waals surface area contributed by atoms with Crippen LogP contribution in [-0.4, -0.2) is 76.7 Å². The molecule has 0 spiro atoms. The van der Waals surface area contributed by atoms with Crippen molar-refractivity contribution in [1.82, 2.24) is 19.6 Å².